The highest BCUT2D eigenvalue weighted by atomic mass is 19.1. The average molecular weight is 263 g/mol. The number of benzene rings is 1. The summed E-state index contributed by atoms with van der Waals surface area (Å²) in [6.45, 7) is 2.74. The second-order valence-corrected chi connectivity index (χ2v) is 4.66. The van der Waals surface area contributed by atoms with Crippen LogP contribution in [-0.2, 0) is 17.8 Å². The van der Waals surface area contributed by atoms with Crippen LogP contribution in [0.25, 0.3) is 11.0 Å². The summed E-state index contributed by atoms with van der Waals surface area (Å²) in [7, 11) is 0. The highest BCUT2D eigenvalue weighted by molar-refractivity contribution is 5.77. The largest absolute Gasteiger partial charge is 0.330 e. The number of carbonyl (C=O) groups excluding carboxylic acids is 1. The van der Waals surface area contributed by atoms with Crippen molar-refractivity contribution in [3.63, 3.8) is 0 Å². The summed E-state index contributed by atoms with van der Waals surface area (Å²) >= 11 is 0. The summed E-state index contributed by atoms with van der Waals surface area (Å²) in [5.41, 5.74) is 7.02. The van der Waals surface area contributed by atoms with Gasteiger partial charge in [-0.05, 0) is 32.0 Å². The number of carbonyl (C=O) groups is 1. The lowest BCUT2D eigenvalue weighted by molar-refractivity contribution is -0.117. The molecule has 0 spiro atoms. The van der Waals surface area contributed by atoms with Crippen molar-refractivity contribution in [3.05, 3.63) is 29.8 Å². The second kappa shape index (κ2) is 5.93. The van der Waals surface area contributed by atoms with Crippen molar-refractivity contribution in [2.45, 2.75) is 32.7 Å². The first-order valence-electron chi connectivity index (χ1n) is 6.46. The van der Waals surface area contributed by atoms with Crippen molar-refractivity contribution in [2.24, 2.45) is 5.73 Å². The van der Waals surface area contributed by atoms with E-state index in [-0.39, 0.29) is 11.6 Å². The fourth-order valence-electron chi connectivity index (χ4n) is 2.12. The first kappa shape index (κ1) is 13.7. The van der Waals surface area contributed by atoms with E-state index in [2.05, 4.69) is 4.98 Å². The standard InChI is InChI=1S/C14H18FN3O/c1-10(19)6-8-18-13-5-4-11(15)9-12(13)17-14(18)3-2-7-16/h4-5,9H,2-3,6-8,16H2,1H3. The Labute approximate surface area is 111 Å². The molecule has 1 heterocycles. The van der Waals surface area contributed by atoms with E-state index in [0.717, 1.165) is 24.2 Å². The number of rotatable bonds is 6. The molecule has 0 saturated carbocycles. The van der Waals surface area contributed by atoms with Crippen LogP contribution in [0.2, 0.25) is 0 Å². The minimum atomic E-state index is -0.297. The molecule has 0 unspecified atom stereocenters. The van der Waals surface area contributed by atoms with Gasteiger partial charge in [-0.1, -0.05) is 0 Å². The van der Waals surface area contributed by atoms with Gasteiger partial charge in [-0.25, -0.2) is 9.37 Å². The van der Waals surface area contributed by atoms with Gasteiger partial charge < -0.3 is 10.3 Å². The summed E-state index contributed by atoms with van der Waals surface area (Å²) in [6, 6.07) is 4.55. The number of halogens is 1. The van der Waals surface area contributed by atoms with Crippen LogP contribution in [0.4, 0.5) is 4.39 Å². The molecule has 1 aromatic heterocycles. The molecule has 5 heteroatoms. The van der Waals surface area contributed by atoms with Gasteiger partial charge in [0.25, 0.3) is 0 Å². The summed E-state index contributed by atoms with van der Waals surface area (Å²) in [4.78, 5) is 15.6. The molecule has 2 rings (SSSR count). The topological polar surface area (TPSA) is 60.9 Å². The molecule has 0 saturated heterocycles. The maximum Gasteiger partial charge on any atom is 0.131 e. The molecular weight excluding hydrogens is 245 g/mol. The molecule has 0 aliphatic heterocycles. The molecule has 0 fully saturated rings. The van der Waals surface area contributed by atoms with Crippen molar-refractivity contribution < 1.29 is 9.18 Å². The minimum Gasteiger partial charge on any atom is -0.330 e. The molecule has 19 heavy (non-hydrogen) atoms. The second-order valence-electron chi connectivity index (χ2n) is 4.66. The van der Waals surface area contributed by atoms with Crippen molar-refractivity contribution in [1.82, 2.24) is 9.55 Å². The number of hydrogen-bond acceptors (Lipinski definition) is 3. The predicted octanol–water partition coefficient (Wildman–Crippen LogP) is 2.05. The van der Waals surface area contributed by atoms with E-state index in [1.54, 1.807) is 13.0 Å². The van der Waals surface area contributed by atoms with Crippen LogP contribution >= 0.6 is 0 Å². The normalized spacial score (nSPS) is 11.1. The van der Waals surface area contributed by atoms with Crippen molar-refractivity contribution in [1.29, 1.82) is 0 Å². The van der Waals surface area contributed by atoms with Crippen LogP contribution in [-0.4, -0.2) is 21.9 Å². The number of nitrogens with zero attached hydrogens (tertiary/aromatic N) is 2. The van der Waals surface area contributed by atoms with Gasteiger partial charge in [0.15, 0.2) is 0 Å². The first-order chi connectivity index (χ1) is 9.11. The number of ketones is 1. The molecule has 0 amide bonds. The average Bonchev–Trinajstić information content (AvgIpc) is 2.70. The van der Waals surface area contributed by atoms with Gasteiger partial charge in [0.1, 0.15) is 17.4 Å². The molecule has 4 nitrogen and oxygen atoms in total. The molecular formula is C14H18FN3O. The van der Waals surface area contributed by atoms with Gasteiger partial charge in [-0.2, -0.15) is 0 Å². The smallest absolute Gasteiger partial charge is 0.131 e. The zero-order chi connectivity index (χ0) is 13.8. The monoisotopic (exact) mass is 263 g/mol. The molecule has 0 radical (unpaired) electrons. The Balaban J connectivity index is 2.39. The maximum atomic E-state index is 13.2. The van der Waals surface area contributed by atoms with Crippen molar-refractivity contribution in [2.75, 3.05) is 6.54 Å². The van der Waals surface area contributed by atoms with E-state index in [4.69, 9.17) is 5.73 Å². The molecule has 2 N–H and O–H groups in total. The summed E-state index contributed by atoms with van der Waals surface area (Å²) in [5.74, 6) is 0.704. The van der Waals surface area contributed by atoms with Crippen LogP contribution < -0.4 is 5.73 Å². The molecule has 0 bridgehead atoms. The number of nitrogens with two attached hydrogens (primary N) is 1. The minimum absolute atomic E-state index is 0.133. The quantitative estimate of drug-likeness (QED) is 0.867. The Morgan fingerprint density at radius 3 is 2.95 bits per heavy atom. The number of fused-ring (bicyclic) bond motifs is 1. The Bertz CT molecular complexity index is 592. The Morgan fingerprint density at radius 1 is 1.47 bits per heavy atom. The van der Waals surface area contributed by atoms with E-state index in [1.807, 2.05) is 4.57 Å². The fourth-order valence-corrected chi connectivity index (χ4v) is 2.12. The number of hydrogen-bond donors (Lipinski definition) is 1. The van der Waals surface area contributed by atoms with Crippen LogP contribution in [0, 0.1) is 5.82 Å². The first-order valence-corrected chi connectivity index (χ1v) is 6.46. The Morgan fingerprint density at radius 2 is 2.26 bits per heavy atom. The van der Waals surface area contributed by atoms with Crippen molar-refractivity contribution >= 4 is 16.8 Å². The van der Waals surface area contributed by atoms with E-state index in [0.29, 0.717) is 25.0 Å². The number of Topliss-reactive ketones (excluding diaryl/α,β-unsaturated/α-hetero) is 1. The van der Waals surface area contributed by atoms with Gasteiger partial charge in [-0.3, -0.25) is 4.79 Å². The molecule has 1 aromatic carbocycles. The highest BCUT2D eigenvalue weighted by Crippen LogP contribution is 2.19. The third kappa shape index (κ3) is 3.17. The molecule has 2 aromatic rings. The zero-order valence-electron chi connectivity index (χ0n) is 11.0. The fraction of sp³-hybridized carbons (Fsp3) is 0.429. The Hall–Kier alpha value is -1.75. The molecule has 0 atom stereocenters. The SMILES string of the molecule is CC(=O)CCn1c(CCCN)nc2cc(F)ccc21. The summed E-state index contributed by atoms with van der Waals surface area (Å²) < 4.78 is 15.2. The van der Waals surface area contributed by atoms with Gasteiger partial charge in [0.05, 0.1) is 11.0 Å². The number of imidazole rings is 1. The predicted molar refractivity (Wildman–Crippen MR) is 72.4 cm³/mol. The Kier molecular flexibility index (Phi) is 4.27. The molecule has 102 valence electrons. The van der Waals surface area contributed by atoms with E-state index in [9.17, 15) is 9.18 Å². The molecule has 0 aliphatic rings. The van der Waals surface area contributed by atoms with E-state index in [1.165, 1.54) is 12.1 Å². The lowest BCUT2D eigenvalue weighted by Crippen LogP contribution is -2.09. The van der Waals surface area contributed by atoms with Gasteiger partial charge in [0, 0.05) is 25.5 Å². The van der Waals surface area contributed by atoms with E-state index >= 15 is 0 Å². The van der Waals surface area contributed by atoms with Gasteiger partial charge >= 0.3 is 0 Å². The third-order valence-corrected chi connectivity index (χ3v) is 3.08. The summed E-state index contributed by atoms with van der Waals surface area (Å²) in [6.07, 6.45) is 2.02. The summed E-state index contributed by atoms with van der Waals surface area (Å²) in [5, 5.41) is 0. The number of aryl methyl sites for hydroxylation is 2. The van der Waals surface area contributed by atoms with Gasteiger partial charge in [0.2, 0.25) is 0 Å². The van der Waals surface area contributed by atoms with Crippen molar-refractivity contribution in [3.8, 4) is 0 Å². The lowest BCUT2D eigenvalue weighted by atomic mass is 10.2. The van der Waals surface area contributed by atoms with Crippen LogP contribution in [0.1, 0.15) is 25.6 Å². The maximum absolute atomic E-state index is 13.2. The van der Waals surface area contributed by atoms with Crippen LogP contribution in [0.15, 0.2) is 18.2 Å². The zero-order valence-corrected chi connectivity index (χ0v) is 11.0. The third-order valence-electron chi connectivity index (χ3n) is 3.08. The molecule has 0 aliphatic carbocycles. The van der Waals surface area contributed by atoms with E-state index < -0.39 is 0 Å². The van der Waals surface area contributed by atoms with Crippen LogP contribution in [0.5, 0.6) is 0 Å². The van der Waals surface area contributed by atoms with Crippen LogP contribution in [0.3, 0.4) is 0 Å². The number of aromatic nitrogens is 2. The lowest BCUT2D eigenvalue weighted by Gasteiger charge is -2.07. The highest BCUT2D eigenvalue weighted by Gasteiger charge is 2.11. The van der Waals surface area contributed by atoms with Gasteiger partial charge in [-0.15, -0.1) is 0 Å².